The van der Waals surface area contributed by atoms with E-state index in [0.717, 1.165) is 17.0 Å². The summed E-state index contributed by atoms with van der Waals surface area (Å²) in [5, 5.41) is -0.249. The standard InChI is InChI=1S/C16H18ClF2NO3/c1-15(2,3)23-14(22)20-7-6-16(19,9-20)13(21)10-4-5-12(18)11(17)8-10/h4-5,8H,6-7,9H2,1-3H3. The lowest BCUT2D eigenvalue weighted by atomic mass is 9.94. The number of rotatable bonds is 2. The third-order valence-corrected chi connectivity index (χ3v) is 3.75. The average molecular weight is 346 g/mol. The Balaban J connectivity index is 2.12. The Morgan fingerprint density at radius 1 is 1.35 bits per heavy atom. The fourth-order valence-corrected chi connectivity index (χ4v) is 2.52. The maximum absolute atomic E-state index is 14.9. The van der Waals surface area contributed by atoms with Crippen molar-refractivity contribution in [2.75, 3.05) is 13.1 Å². The lowest BCUT2D eigenvalue weighted by Gasteiger charge is -2.25. The third kappa shape index (κ3) is 3.99. The van der Waals surface area contributed by atoms with Crippen LogP contribution in [-0.2, 0) is 4.74 Å². The van der Waals surface area contributed by atoms with Gasteiger partial charge in [-0.25, -0.2) is 13.6 Å². The fraction of sp³-hybridized carbons (Fsp3) is 0.500. The first-order valence-corrected chi connectivity index (χ1v) is 7.56. The monoisotopic (exact) mass is 345 g/mol. The SMILES string of the molecule is CC(C)(C)OC(=O)N1CCC(F)(C(=O)c2ccc(F)c(Cl)c2)C1. The smallest absolute Gasteiger partial charge is 0.410 e. The van der Waals surface area contributed by atoms with Gasteiger partial charge in [-0.15, -0.1) is 0 Å². The number of Topliss-reactive ketones (excluding diaryl/α,β-unsaturated/α-hetero) is 1. The molecule has 1 aliphatic rings. The summed E-state index contributed by atoms with van der Waals surface area (Å²) in [6.07, 6.45) is -0.804. The van der Waals surface area contributed by atoms with Crippen LogP contribution in [0.4, 0.5) is 13.6 Å². The summed E-state index contributed by atoms with van der Waals surface area (Å²) < 4.78 is 33.3. The van der Waals surface area contributed by atoms with Crippen LogP contribution >= 0.6 is 11.6 Å². The molecule has 2 rings (SSSR count). The van der Waals surface area contributed by atoms with Gasteiger partial charge in [-0.2, -0.15) is 0 Å². The molecule has 1 saturated heterocycles. The average Bonchev–Trinajstić information content (AvgIpc) is 2.83. The Labute approximate surface area is 138 Å². The van der Waals surface area contributed by atoms with Gasteiger partial charge in [0, 0.05) is 18.5 Å². The number of alkyl halides is 1. The molecular formula is C16H18ClF2NO3. The predicted octanol–water partition coefficient (Wildman–Crippen LogP) is 4.01. The number of nitrogens with zero attached hydrogens (tertiary/aromatic N) is 1. The summed E-state index contributed by atoms with van der Waals surface area (Å²) in [6, 6.07) is 3.29. The van der Waals surface area contributed by atoms with Crippen molar-refractivity contribution in [2.24, 2.45) is 0 Å². The quantitative estimate of drug-likeness (QED) is 0.761. The second kappa shape index (κ2) is 6.07. The summed E-state index contributed by atoms with van der Waals surface area (Å²) in [5.74, 6) is -1.50. The van der Waals surface area contributed by atoms with Crippen LogP contribution in [0.5, 0.6) is 0 Å². The molecule has 0 saturated carbocycles. The van der Waals surface area contributed by atoms with Gasteiger partial charge in [-0.05, 0) is 39.0 Å². The second-order valence-corrected chi connectivity index (χ2v) is 6.98. The van der Waals surface area contributed by atoms with E-state index in [1.165, 1.54) is 6.07 Å². The minimum atomic E-state index is -2.22. The van der Waals surface area contributed by atoms with E-state index in [4.69, 9.17) is 16.3 Å². The fourth-order valence-electron chi connectivity index (χ4n) is 2.34. The minimum absolute atomic E-state index is 0.0232. The van der Waals surface area contributed by atoms with Gasteiger partial charge in [0.2, 0.25) is 5.78 Å². The van der Waals surface area contributed by atoms with Crippen LogP contribution in [0.1, 0.15) is 37.6 Å². The highest BCUT2D eigenvalue weighted by Crippen LogP contribution is 2.31. The van der Waals surface area contributed by atoms with Crippen molar-refractivity contribution >= 4 is 23.5 Å². The van der Waals surface area contributed by atoms with Crippen LogP contribution in [0.25, 0.3) is 0 Å². The Hall–Kier alpha value is -1.69. The summed E-state index contributed by atoms with van der Waals surface area (Å²) in [5.41, 5.74) is -2.95. The zero-order valence-electron chi connectivity index (χ0n) is 13.2. The lowest BCUT2D eigenvalue weighted by molar-refractivity contribution is 0.0260. The van der Waals surface area contributed by atoms with E-state index in [0.29, 0.717) is 0 Å². The van der Waals surface area contributed by atoms with Crippen molar-refractivity contribution in [1.29, 1.82) is 0 Å². The van der Waals surface area contributed by atoms with Gasteiger partial charge in [0.1, 0.15) is 11.4 Å². The number of ether oxygens (including phenoxy) is 1. The number of benzene rings is 1. The van der Waals surface area contributed by atoms with Crippen LogP contribution in [0, 0.1) is 5.82 Å². The molecule has 1 aromatic carbocycles. The van der Waals surface area contributed by atoms with Gasteiger partial charge >= 0.3 is 6.09 Å². The lowest BCUT2D eigenvalue weighted by Crippen LogP contribution is -2.41. The molecule has 126 valence electrons. The van der Waals surface area contributed by atoms with Crippen LogP contribution in [-0.4, -0.2) is 41.1 Å². The van der Waals surface area contributed by atoms with Crippen molar-refractivity contribution in [2.45, 2.75) is 38.5 Å². The largest absolute Gasteiger partial charge is 0.444 e. The number of halogens is 3. The van der Waals surface area contributed by atoms with Gasteiger partial charge in [0.05, 0.1) is 11.6 Å². The zero-order valence-corrected chi connectivity index (χ0v) is 13.9. The molecule has 1 atom stereocenters. The van der Waals surface area contributed by atoms with Gasteiger partial charge in [0.25, 0.3) is 0 Å². The van der Waals surface area contributed by atoms with Crippen molar-refractivity contribution in [1.82, 2.24) is 4.90 Å². The van der Waals surface area contributed by atoms with Crippen LogP contribution in [0.2, 0.25) is 5.02 Å². The zero-order chi connectivity index (χ0) is 17.4. The molecule has 0 bridgehead atoms. The number of likely N-dealkylation sites (tertiary alicyclic amines) is 1. The minimum Gasteiger partial charge on any atom is -0.444 e. The van der Waals surface area contributed by atoms with Gasteiger partial charge in [0.15, 0.2) is 5.67 Å². The van der Waals surface area contributed by atoms with Crippen LogP contribution in [0.15, 0.2) is 18.2 Å². The molecule has 1 aromatic rings. The number of amides is 1. The molecule has 0 radical (unpaired) electrons. The molecular weight excluding hydrogens is 328 g/mol. The van der Waals surface area contributed by atoms with Crippen molar-refractivity contribution < 1.29 is 23.1 Å². The maximum Gasteiger partial charge on any atom is 0.410 e. The first-order chi connectivity index (χ1) is 10.5. The molecule has 0 aromatic heterocycles. The van der Waals surface area contributed by atoms with E-state index in [1.54, 1.807) is 20.8 Å². The molecule has 1 fully saturated rings. The summed E-state index contributed by atoms with van der Waals surface area (Å²) in [6.45, 7) is 4.79. The third-order valence-electron chi connectivity index (χ3n) is 3.46. The molecule has 1 aliphatic heterocycles. The van der Waals surface area contributed by atoms with Crippen LogP contribution < -0.4 is 0 Å². The highest BCUT2D eigenvalue weighted by atomic mass is 35.5. The topological polar surface area (TPSA) is 46.6 Å². The van der Waals surface area contributed by atoms with Crippen molar-refractivity contribution in [3.63, 3.8) is 0 Å². The molecule has 0 aliphatic carbocycles. The van der Waals surface area contributed by atoms with Crippen LogP contribution in [0.3, 0.4) is 0 Å². The first-order valence-electron chi connectivity index (χ1n) is 7.18. The highest BCUT2D eigenvalue weighted by molar-refractivity contribution is 6.31. The van der Waals surface area contributed by atoms with Crippen molar-refractivity contribution in [3.8, 4) is 0 Å². The molecule has 4 nitrogen and oxygen atoms in total. The molecule has 0 N–H and O–H groups in total. The molecule has 1 heterocycles. The Morgan fingerprint density at radius 2 is 2.00 bits per heavy atom. The van der Waals surface area contributed by atoms with E-state index in [1.807, 2.05) is 0 Å². The second-order valence-electron chi connectivity index (χ2n) is 6.58. The Kier molecular flexibility index (Phi) is 4.66. The van der Waals surface area contributed by atoms with E-state index in [2.05, 4.69) is 0 Å². The Bertz CT molecular complexity index is 645. The molecule has 1 amide bonds. The number of carbonyl (C=O) groups excluding carboxylic acids is 2. The first kappa shape index (κ1) is 17.7. The Morgan fingerprint density at radius 3 is 2.57 bits per heavy atom. The van der Waals surface area contributed by atoms with E-state index >= 15 is 0 Å². The van der Waals surface area contributed by atoms with E-state index in [9.17, 15) is 18.4 Å². The number of carbonyl (C=O) groups is 2. The number of hydrogen-bond donors (Lipinski definition) is 0. The van der Waals surface area contributed by atoms with Gasteiger partial charge < -0.3 is 9.64 Å². The summed E-state index contributed by atoms with van der Waals surface area (Å²) in [4.78, 5) is 25.5. The summed E-state index contributed by atoms with van der Waals surface area (Å²) >= 11 is 5.63. The number of ketones is 1. The summed E-state index contributed by atoms with van der Waals surface area (Å²) in [7, 11) is 0. The predicted molar refractivity (Wildman–Crippen MR) is 82.0 cm³/mol. The molecule has 23 heavy (non-hydrogen) atoms. The molecule has 0 spiro atoms. The molecule has 1 unspecified atom stereocenters. The normalized spacial score (nSPS) is 21.4. The van der Waals surface area contributed by atoms with Gasteiger partial charge in [-0.3, -0.25) is 4.79 Å². The molecule has 7 heteroatoms. The highest BCUT2D eigenvalue weighted by Gasteiger charge is 2.47. The van der Waals surface area contributed by atoms with Gasteiger partial charge in [-0.1, -0.05) is 11.6 Å². The van der Waals surface area contributed by atoms with E-state index < -0.39 is 35.5 Å². The van der Waals surface area contributed by atoms with Crippen molar-refractivity contribution in [3.05, 3.63) is 34.6 Å². The maximum atomic E-state index is 14.9. The number of hydrogen-bond acceptors (Lipinski definition) is 3. The van der Waals surface area contributed by atoms with E-state index in [-0.39, 0.29) is 23.6 Å².